The molecule has 3 rings (SSSR count). The van der Waals surface area contributed by atoms with Crippen LogP contribution in [0.5, 0.6) is 11.5 Å². The van der Waals surface area contributed by atoms with Gasteiger partial charge < -0.3 is 9.47 Å². The van der Waals surface area contributed by atoms with Gasteiger partial charge in [-0.25, -0.2) is 9.97 Å². The molecular weight excluding hydrogens is 263 g/mol. The van der Waals surface area contributed by atoms with Crippen molar-refractivity contribution in [3.05, 3.63) is 34.6 Å². The maximum absolute atomic E-state index is 5.83. The molecule has 1 aliphatic rings. The molecule has 0 atom stereocenters. The Bertz CT molecular complexity index is 569. The first-order valence-corrected chi connectivity index (χ1v) is 5.58. The van der Waals surface area contributed by atoms with E-state index in [1.54, 1.807) is 12.1 Å². The van der Waals surface area contributed by atoms with Gasteiger partial charge in [-0.15, -0.1) is 0 Å². The molecule has 2 heterocycles. The standard InChI is InChI=1S/C11H6Cl2N2O2/c12-9-4-10(13)15-11(14-9)6-1-2-7-8(3-6)17-5-16-7/h1-4H,5H2. The number of hydrogen-bond acceptors (Lipinski definition) is 4. The quantitative estimate of drug-likeness (QED) is 0.746. The molecule has 17 heavy (non-hydrogen) atoms. The van der Waals surface area contributed by atoms with Crippen molar-refractivity contribution in [2.24, 2.45) is 0 Å². The number of benzene rings is 1. The Morgan fingerprint density at radius 2 is 1.65 bits per heavy atom. The minimum Gasteiger partial charge on any atom is -0.454 e. The highest BCUT2D eigenvalue weighted by Crippen LogP contribution is 2.35. The smallest absolute Gasteiger partial charge is 0.231 e. The first-order valence-electron chi connectivity index (χ1n) is 4.82. The van der Waals surface area contributed by atoms with E-state index in [-0.39, 0.29) is 6.79 Å². The van der Waals surface area contributed by atoms with E-state index in [1.807, 2.05) is 6.07 Å². The molecule has 0 amide bonds. The topological polar surface area (TPSA) is 44.2 Å². The summed E-state index contributed by atoms with van der Waals surface area (Å²) < 4.78 is 10.5. The maximum atomic E-state index is 5.83. The largest absolute Gasteiger partial charge is 0.454 e. The van der Waals surface area contributed by atoms with Crippen molar-refractivity contribution < 1.29 is 9.47 Å². The second kappa shape index (κ2) is 4.05. The molecule has 0 saturated carbocycles. The zero-order valence-electron chi connectivity index (χ0n) is 8.48. The van der Waals surface area contributed by atoms with Crippen LogP contribution in [0.1, 0.15) is 0 Å². The third-order valence-corrected chi connectivity index (χ3v) is 2.68. The second-order valence-electron chi connectivity index (χ2n) is 3.41. The van der Waals surface area contributed by atoms with Gasteiger partial charge in [0.1, 0.15) is 10.3 Å². The summed E-state index contributed by atoms with van der Waals surface area (Å²) in [7, 11) is 0. The summed E-state index contributed by atoms with van der Waals surface area (Å²) in [4.78, 5) is 8.21. The van der Waals surface area contributed by atoms with Crippen molar-refractivity contribution >= 4 is 23.2 Å². The summed E-state index contributed by atoms with van der Waals surface area (Å²) in [5.74, 6) is 1.84. The average Bonchev–Trinajstić information content (AvgIpc) is 2.74. The number of hydrogen-bond donors (Lipinski definition) is 0. The third-order valence-electron chi connectivity index (χ3n) is 2.29. The lowest BCUT2D eigenvalue weighted by Gasteiger charge is -2.02. The van der Waals surface area contributed by atoms with Crippen LogP contribution in [0.25, 0.3) is 11.4 Å². The summed E-state index contributed by atoms with van der Waals surface area (Å²) >= 11 is 11.7. The van der Waals surface area contributed by atoms with Gasteiger partial charge in [-0.2, -0.15) is 0 Å². The Morgan fingerprint density at radius 1 is 0.941 bits per heavy atom. The van der Waals surface area contributed by atoms with Crippen molar-refractivity contribution in [1.29, 1.82) is 0 Å². The minimum atomic E-state index is 0.232. The molecule has 0 bridgehead atoms. The van der Waals surface area contributed by atoms with Gasteiger partial charge in [0.2, 0.25) is 6.79 Å². The van der Waals surface area contributed by atoms with E-state index in [2.05, 4.69) is 9.97 Å². The zero-order chi connectivity index (χ0) is 11.8. The van der Waals surface area contributed by atoms with Crippen molar-refractivity contribution in [2.75, 3.05) is 6.79 Å². The first kappa shape index (κ1) is 10.6. The van der Waals surface area contributed by atoms with Gasteiger partial charge in [-0.05, 0) is 18.2 Å². The van der Waals surface area contributed by atoms with Crippen LogP contribution in [0.4, 0.5) is 0 Å². The predicted molar refractivity (Wildman–Crippen MR) is 63.6 cm³/mol. The number of fused-ring (bicyclic) bond motifs is 1. The fourth-order valence-corrected chi connectivity index (χ4v) is 1.98. The van der Waals surface area contributed by atoms with Crippen molar-refractivity contribution in [3.63, 3.8) is 0 Å². The Kier molecular flexibility index (Phi) is 2.53. The van der Waals surface area contributed by atoms with E-state index < -0.39 is 0 Å². The molecule has 2 aromatic rings. The van der Waals surface area contributed by atoms with E-state index in [1.165, 1.54) is 6.07 Å². The number of rotatable bonds is 1. The monoisotopic (exact) mass is 268 g/mol. The SMILES string of the molecule is Clc1cc(Cl)nc(-c2ccc3c(c2)OCO3)n1. The third kappa shape index (κ3) is 2.01. The lowest BCUT2D eigenvalue weighted by atomic mass is 10.2. The summed E-state index contributed by atoms with van der Waals surface area (Å²) in [6.45, 7) is 0.232. The molecule has 86 valence electrons. The molecule has 1 aliphatic heterocycles. The Labute approximate surface area is 107 Å². The summed E-state index contributed by atoms with van der Waals surface area (Å²) in [6.07, 6.45) is 0. The van der Waals surface area contributed by atoms with E-state index in [4.69, 9.17) is 32.7 Å². The van der Waals surface area contributed by atoms with Crippen LogP contribution in [0.15, 0.2) is 24.3 Å². The van der Waals surface area contributed by atoms with Gasteiger partial charge in [0.15, 0.2) is 17.3 Å². The highest BCUT2D eigenvalue weighted by Gasteiger charge is 2.15. The van der Waals surface area contributed by atoms with Crippen molar-refractivity contribution in [3.8, 4) is 22.9 Å². The summed E-state index contributed by atoms with van der Waals surface area (Å²) in [5.41, 5.74) is 0.777. The summed E-state index contributed by atoms with van der Waals surface area (Å²) in [6, 6.07) is 6.91. The van der Waals surface area contributed by atoms with Crippen molar-refractivity contribution in [1.82, 2.24) is 9.97 Å². The van der Waals surface area contributed by atoms with E-state index in [9.17, 15) is 0 Å². The Balaban J connectivity index is 2.09. The molecule has 1 aromatic heterocycles. The van der Waals surface area contributed by atoms with E-state index >= 15 is 0 Å². The van der Waals surface area contributed by atoms with Crippen LogP contribution in [0, 0.1) is 0 Å². The van der Waals surface area contributed by atoms with Gasteiger partial charge in [0, 0.05) is 11.6 Å². The van der Waals surface area contributed by atoms with Crippen molar-refractivity contribution in [2.45, 2.75) is 0 Å². The van der Waals surface area contributed by atoms with Gasteiger partial charge in [-0.1, -0.05) is 23.2 Å². The van der Waals surface area contributed by atoms with Crippen LogP contribution in [-0.2, 0) is 0 Å². The van der Waals surface area contributed by atoms with Crippen LogP contribution in [0.2, 0.25) is 10.3 Å². The normalized spacial score (nSPS) is 12.8. The predicted octanol–water partition coefficient (Wildman–Crippen LogP) is 3.18. The first-order chi connectivity index (χ1) is 8.22. The lowest BCUT2D eigenvalue weighted by molar-refractivity contribution is 0.174. The highest BCUT2D eigenvalue weighted by molar-refractivity contribution is 6.33. The highest BCUT2D eigenvalue weighted by atomic mass is 35.5. The summed E-state index contributed by atoms with van der Waals surface area (Å²) in [5, 5.41) is 0.607. The average molecular weight is 269 g/mol. The molecule has 0 radical (unpaired) electrons. The number of aromatic nitrogens is 2. The molecule has 0 unspecified atom stereocenters. The van der Waals surface area contributed by atoms with Gasteiger partial charge in [-0.3, -0.25) is 0 Å². The van der Waals surface area contributed by atoms with Crippen LogP contribution in [-0.4, -0.2) is 16.8 Å². The lowest BCUT2D eigenvalue weighted by Crippen LogP contribution is -1.93. The molecule has 0 fully saturated rings. The molecule has 4 nitrogen and oxygen atoms in total. The second-order valence-corrected chi connectivity index (χ2v) is 4.18. The Hall–Kier alpha value is -1.52. The van der Waals surface area contributed by atoms with Crippen LogP contribution < -0.4 is 9.47 Å². The van der Waals surface area contributed by atoms with Crippen LogP contribution >= 0.6 is 23.2 Å². The number of ether oxygens (including phenoxy) is 2. The van der Waals surface area contributed by atoms with Gasteiger partial charge >= 0.3 is 0 Å². The molecular formula is C11H6Cl2N2O2. The minimum absolute atomic E-state index is 0.232. The van der Waals surface area contributed by atoms with E-state index in [0.717, 1.165) is 5.56 Å². The molecule has 6 heteroatoms. The molecule has 0 N–H and O–H groups in total. The maximum Gasteiger partial charge on any atom is 0.231 e. The zero-order valence-corrected chi connectivity index (χ0v) is 10.00. The fraction of sp³-hybridized carbons (Fsp3) is 0.0909. The molecule has 0 saturated heterocycles. The van der Waals surface area contributed by atoms with Gasteiger partial charge in [0.25, 0.3) is 0 Å². The molecule has 0 spiro atoms. The van der Waals surface area contributed by atoms with Crippen LogP contribution in [0.3, 0.4) is 0 Å². The molecule has 0 aliphatic carbocycles. The Morgan fingerprint density at radius 3 is 2.41 bits per heavy atom. The fourth-order valence-electron chi connectivity index (χ4n) is 1.55. The molecule has 1 aromatic carbocycles. The number of nitrogens with zero attached hydrogens (tertiary/aromatic N) is 2. The van der Waals surface area contributed by atoms with Gasteiger partial charge in [0.05, 0.1) is 0 Å². The van der Waals surface area contributed by atoms with E-state index in [0.29, 0.717) is 27.6 Å². The number of halogens is 2.